The zero-order valence-electron chi connectivity index (χ0n) is 18.1. The van der Waals surface area contributed by atoms with Gasteiger partial charge in [-0.25, -0.2) is 4.79 Å². The lowest BCUT2D eigenvalue weighted by Crippen LogP contribution is -2.42. The van der Waals surface area contributed by atoms with Crippen molar-refractivity contribution in [2.45, 2.75) is 33.2 Å². The third kappa shape index (κ3) is 4.88. The number of nitrogens with two attached hydrogens (primary N) is 1. The molecule has 166 valence electrons. The molecule has 0 spiro atoms. The monoisotopic (exact) mass is 427 g/mol. The Bertz CT molecular complexity index is 1170. The summed E-state index contributed by atoms with van der Waals surface area (Å²) < 4.78 is 6.42. The highest BCUT2D eigenvalue weighted by molar-refractivity contribution is 5.99. The normalized spacial score (nSPS) is 11.4. The average Bonchev–Trinajstić information content (AvgIpc) is 3.12. The second-order valence-corrected chi connectivity index (χ2v) is 7.93. The van der Waals surface area contributed by atoms with Crippen LogP contribution in [0.15, 0.2) is 40.1 Å². The first-order valence-corrected chi connectivity index (χ1v) is 10.3. The molecule has 0 atom stereocenters. The maximum Gasteiger partial charge on any atom is 0.330 e. The van der Waals surface area contributed by atoms with Gasteiger partial charge >= 0.3 is 5.69 Å². The van der Waals surface area contributed by atoms with Gasteiger partial charge in [-0.05, 0) is 24.0 Å². The van der Waals surface area contributed by atoms with Gasteiger partial charge < -0.3 is 20.4 Å². The Kier molecular flexibility index (Phi) is 6.96. The number of amides is 1. The Labute approximate surface area is 179 Å². The number of nitrogen functional groups attached to an aromatic ring is 1. The molecule has 0 saturated heterocycles. The van der Waals surface area contributed by atoms with Crippen molar-refractivity contribution in [3.63, 3.8) is 0 Å². The Morgan fingerprint density at radius 2 is 2.00 bits per heavy atom. The van der Waals surface area contributed by atoms with E-state index in [2.05, 4.69) is 9.97 Å². The highest BCUT2D eigenvalue weighted by Crippen LogP contribution is 2.22. The molecule has 2 aromatic heterocycles. The van der Waals surface area contributed by atoms with E-state index in [9.17, 15) is 14.4 Å². The van der Waals surface area contributed by atoms with Crippen LogP contribution in [-0.4, -0.2) is 40.7 Å². The van der Waals surface area contributed by atoms with Crippen LogP contribution >= 0.6 is 0 Å². The first-order chi connectivity index (χ1) is 14.8. The van der Waals surface area contributed by atoms with Gasteiger partial charge in [0.2, 0.25) is 5.91 Å². The minimum atomic E-state index is -0.674. The number of benzene rings is 1. The average molecular weight is 428 g/mol. The van der Waals surface area contributed by atoms with Gasteiger partial charge in [0.1, 0.15) is 5.82 Å². The van der Waals surface area contributed by atoms with Crippen LogP contribution in [0.4, 0.5) is 11.5 Å². The molecule has 1 amide bonds. The molecule has 1 aromatic carbocycles. The summed E-state index contributed by atoms with van der Waals surface area (Å²) in [4.78, 5) is 45.2. The van der Waals surface area contributed by atoms with Crippen LogP contribution in [0.1, 0.15) is 25.8 Å². The maximum absolute atomic E-state index is 13.3. The van der Waals surface area contributed by atoms with Gasteiger partial charge in [0.15, 0.2) is 5.69 Å². The zero-order valence-corrected chi connectivity index (χ0v) is 18.1. The maximum atomic E-state index is 13.3. The molecule has 3 rings (SSSR count). The summed E-state index contributed by atoms with van der Waals surface area (Å²) in [7, 11) is 1.57. The molecule has 0 unspecified atom stereocenters. The van der Waals surface area contributed by atoms with Gasteiger partial charge in [0.25, 0.3) is 5.56 Å². The van der Waals surface area contributed by atoms with Gasteiger partial charge in [-0.1, -0.05) is 32.0 Å². The van der Waals surface area contributed by atoms with Crippen LogP contribution in [0, 0.1) is 5.92 Å². The van der Waals surface area contributed by atoms with Gasteiger partial charge in [-0.3, -0.25) is 19.1 Å². The highest BCUT2D eigenvalue weighted by Gasteiger charge is 2.25. The summed E-state index contributed by atoms with van der Waals surface area (Å²) in [6.07, 6.45) is 2.39. The van der Waals surface area contributed by atoms with Crippen molar-refractivity contribution in [3.8, 4) is 0 Å². The fraction of sp³-hybridized carbons (Fsp3) is 0.409. The molecule has 0 saturated carbocycles. The fourth-order valence-corrected chi connectivity index (χ4v) is 3.65. The molecule has 0 fully saturated rings. The molecule has 3 aromatic rings. The molecule has 0 aliphatic heterocycles. The predicted molar refractivity (Wildman–Crippen MR) is 121 cm³/mol. The van der Waals surface area contributed by atoms with Crippen LogP contribution in [0.25, 0.3) is 10.9 Å². The summed E-state index contributed by atoms with van der Waals surface area (Å²) >= 11 is 0. The van der Waals surface area contributed by atoms with Crippen molar-refractivity contribution < 1.29 is 9.53 Å². The third-order valence-corrected chi connectivity index (χ3v) is 5.08. The Balaban J connectivity index is 2.01. The number of carbonyl (C=O) groups is 1. The summed E-state index contributed by atoms with van der Waals surface area (Å²) in [5.74, 6) is -0.164. The number of fused-ring (bicyclic) bond motifs is 1. The fourth-order valence-electron chi connectivity index (χ4n) is 3.65. The number of ether oxygens (including phenoxy) is 1. The van der Waals surface area contributed by atoms with Crippen molar-refractivity contribution in [1.29, 1.82) is 0 Å². The molecular weight excluding hydrogens is 398 g/mol. The highest BCUT2D eigenvalue weighted by atomic mass is 16.5. The molecule has 2 heterocycles. The second kappa shape index (κ2) is 9.65. The number of rotatable bonds is 9. The number of nitrogens with zero attached hydrogens (tertiary/aromatic N) is 2. The van der Waals surface area contributed by atoms with Crippen LogP contribution in [0.2, 0.25) is 0 Å². The molecule has 4 N–H and O–H groups in total. The molecule has 0 bridgehead atoms. The van der Waals surface area contributed by atoms with E-state index in [0.29, 0.717) is 19.6 Å². The van der Waals surface area contributed by atoms with Crippen molar-refractivity contribution in [3.05, 3.63) is 56.9 Å². The number of aromatic nitrogens is 3. The molecule has 9 nitrogen and oxygen atoms in total. The molecule has 0 aliphatic rings. The summed E-state index contributed by atoms with van der Waals surface area (Å²) in [5, 5.41) is 0.944. The minimum absolute atomic E-state index is 0.00111. The van der Waals surface area contributed by atoms with Gasteiger partial charge in [-0.15, -0.1) is 0 Å². The molecule has 31 heavy (non-hydrogen) atoms. The number of hydrogen-bond donors (Lipinski definition) is 3. The summed E-state index contributed by atoms with van der Waals surface area (Å²) in [5.41, 5.74) is 6.75. The lowest BCUT2D eigenvalue weighted by Gasteiger charge is -2.25. The van der Waals surface area contributed by atoms with Crippen LogP contribution in [0.5, 0.6) is 0 Å². The van der Waals surface area contributed by atoms with E-state index in [1.165, 1.54) is 9.47 Å². The van der Waals surface area contributed by atoms with E-state index in [0.717, 1.165) is 16.5 Å². The lowest BCUT2D eigenvalue weighted by molar-refractivity contribution is -0.118. The Morgan fingerprint density at radius 1 is 1.26 bits per heavy atom. The Morgan fingerprint density at radius 3 is 2.71 bits per heavy atom. The van der Waals surface area contributed by atoms with E-state index in [-0.39, 0.29) is 36.3 Å². The number of methoxy groups -OCH3 is 1. The molecule has 0 radical (unpaired) electrons. The number of anilines is 2. The number of carbonyl (C=O) groups excluding carboxylic acids is 1. The van der Waals surface area contributed by atoms with E-state index < -0.39 is 11.2 Å². The van der Waals surface area contributed by atoms with Gasteiger partial charge in [0.05, 0.1) is 6.42 Å². The standard InChI is InChI=1S/C22H29N5O4/c1-14(2)13-27-20(23)19(21(29)25-22(27)30)26(9-6-10-31-3)18(28)11-15-12-24-17-8-5-4-7-16(15)17/h4-5,7-8,12,14,24H,6,9-11,13,23H2,1-3H3,(H,25,29,30). The third-order valence-electron chi connectivity index (χ3n) is 5.08. The quantitative estimate of drug-likeness (QED) is 0.450. The largest absolute Gasteiger partial charge is 0.385 e. The lowest BCUT2D eigenvalue weighted by atomic mass is 10.1. The van der Waals surface area contributed by atoms with Crippen LogP contribution < -0.4 is 21.9 Å². The van der Waals surface area contributed by atoms with E-state index in [1.54, 1.807) is 13.3 Å². The van der Waals surface area contributed by atoms with Crippen molar-refractivity contribution in [1.82, 2.24) is 14.5 Å². The molecule has 0 aliphatic carbocycles. The van der Waals surface area contributed by atoms with Crippen molar-refractivity contribution in [2.24, 2.45) is 5.92 Å². The summed E-state index contributed by atoms with van der Waals surface area (Å²) in [6, 6.07) is 7.70. The van der Waals surface area contributed by atoms with E-state index in [1.807, 2.05) is 38.1 Å². The van der Waals surface area contributed by atoms with Crippen LogP contribution in [0.3, 0.4) is 0 Å². The van der Waals surface area contributed by atoms with E-state index >= 15 is 0 Å². The number of H-pyrrole nitrogens is 2. The number of aromatic amines is 2. The first kappa shape index (κ1) is 22.4. The topological polar surface area (TPSA) is 126 Å². The number of nitrogens with one attached hydrogen (secondary N) is 2. The Hall–Kier alpha value is -3.33. The number of hydrogen-bond acceptors (Lipinski definition) is 5. The predicted octanol–water partition coefficient (Wildman–Crippen LogP) is 1.87. The molecular formula is C22H29N5O4. The van der Waals surface area contributed by atoms with Gasteiger partial charge in [-0.2, -0.15) is 0 Å². The second-order valence-electron chi connectivity index (χ2n) is 7.93. The number of para-hydroxylation sites is 1. The smallest absolute Gasteiger partial charge is 0.330 e. The summed E-state index contributed by atoms with van der Waals surface area (Å²) in [6.45, 7) is 4.86. The first-order valence-electron chi connectivity index (χ1n) is 10.3. The molecule has 9 heteroatoms. The van der Waals surface area contributed by atoms with Gasteiger partial charge in [0, 0.05) is 43.9 Å². The van der Waals surface area contributed by atoms with E-state index in [4.69, 9.17) is 10.5 Å². The van der Waals surface area contributed by atoms with Crippen LogP contribution in [-0.2, 0) is 22.5 Å². The SMILES string of the molecule is COCCCN(C(=O)Cc1c[nH]c2ccccc12)c1c(N)n(CC(C)C)c(=O)[nH]c1=O. The minimum Gasteiger partial charge on any atom is -0.385 e. The van der Waals surface area contributed by atoms with Crippen molar-refractivity contribution in [2.75, 3.05) is 30.9 Å². The zero-order chi connectivity index (χ0) is 22.5. The van der Waals surface area contributed by atoms with Crippen molar-refractivity contribution >= 4 is 28.3 Å².